The number of sulfone groups is 1. The highest BCUT2D eigenvalue weighted by molar-refractivity contribution is 7.91. The van der Waals surface area contributed by atoms with Crippen molar-refractivity contribution in [1.29, 1.82) is 0 Å². The van der Waals surface area contributed by atoms with E-state index in [0.717, 1.165) is 31.2 Å². The number of benzene rings is 1. The second kappa shape index (κ2) is 7.34. The highest BCUT2D eigenvalue weighted by atomic mass is 35.5. The van der Waals surface area contributed by atoms with E-state index in [-0.39, 0.29) is 17.4 Å². The van der Waals surface area contributed by atoms with Crippen molar-refractivity contribution in [1.82, 2.24) is 10.9 Å². The summed E-state index contributed by atoms with van der Waals surface area (Å²) in [5.41, 5.74) is 5.64. The normalized spacial score (nSPS) is 33.0. The molecule has 6 nitrogen and oxygen atoms in total. The smallest absolute Gasteiger partial charge is 0.245 e. The number of hydrazine groups is 1. The number of nitrogens with one attached hydrogen (secondary N) is 2. The zero-order valence-corrected chi connectivity index (χ0v) is 17.2. The summed E-state index contributed by atoms with van der Waals surface area (Å²) in [7, 11) is -3.14. The molecule has 1 aromatic carbocycles. The van der Waals surface area contributed by atoms with E-state index < -0.39 is 27.1 Å². The Labute approximate surface area is 170 Å². The molecule has 0 radical (unpaired) electrons. The van der Waals surface area contributed by atoms with Crippen molar-refractivity contribution in [2.45, 2.75) is 38.5 Å². The Morgan fingerprint density at radius 2 is 1.86 bits per heavy atom. The minimum absolute atomic E-state index is 0.0310. The van der Waals surface area contributed by atoms with E-state index in [1.165, 1.54) is 0 Å². The van der Waals surface area contributed by atoms with E-state index in [2.05, 4.69) is 10.9 Å². The van der Waals surface area contributed by atoms with Gasteiger partial charge in [-0.05, 0) is 61.6 Å². The van der Waals surface area contributed by atoms with Crippen molar-refractivity contribution in [3.8, 4) is 0 Å². The maximum atomic E-state index is 13.2. The molecule has 2 saturated carbocycles. The maximum absolute atomic E-state index is 13.2. The summed E-state index contributed by atoms with van der Waals surface area (Å²) in [4.78, 5) is 25.5. The number of fused-ring (bicyclic) bond motifs is 2. The Kier molecular flexibility index (Phi) is 5.16. The van der Waals surface area contributed by atoms with Gasteiger partial charge < -0.3 is 0 Å². The first-order chi connectivity index (χ1) is 13.3. The van der Waals surface area contributed by atoms with E-state index in [9.17, 15) is 18.0 Å². The van der Waals surface area contributed by atoms with Crippen LogP contribution in [0, 0.1) is 23.2 Å². The van der Waals surface area contributed by atoms with Crippen molar-refractivity contribution < 1.29 is 18.0 Å². The molecule has 2 N–H and O–H groups in total. The molecular weight excluding hydrogens is 400 g/mol. The van der Waals surface area contributed by atoms with Crippen LogP contribution in [0.25, 0.3) is 0 Å². The molecule has 1 saturated heterocycles. The number of rotatable bonds is 4. The van der Waals surface area contributed by atoms with Gasteiger partial charge in [0.15, 0.2) is 9.84 Å². The number of carbonyl (C=O) groups is 2. The summed E-state index contributed by atoms with van der Waals surface area (Å²) in [5.74, 6) is -0.421. The number of hydrogen-bond donors (Lipinski definition) is 2. The molecule has 4 atom stereocenters. The SMILES string of the molecule is O=C(NNC(=O)C1(Cc2ccc(Cl)cc2)CC2CCC1C2)C1CCS(=O)(=O)C1. The van der Waals surface area contributed by atoms with Gasteiger partial charge in [0.25, 0.3) is 0 Å². The Hall–Kier alpha value is -1.60. The van der Waals surface area contributed by atoms with Crippen LogP contribution in [0.15, 0.2) is 24.3 Å². The maximum Gasteiger partial charge on any atom is 0.245 e. The summed E-state index contributed by atoms with van der Waals surface area (Å²) >= 11 is 5.99. The van der Waals surface area contributed by atoms with Gasteiger partial charge in [-0.15, -0.1) is 0 Å². The molecule has 1 aromatic rings. The Bertz CT molecular complexity index is 886. The first-order valence-electron chi connectivity index (χ1n) is 9.83. The molecule has 8 heteroatoms. The molecule has 2 bridgehead atoms. The zero-order valence-electron chi connectivity index (χ0n) is 15.6. The van der Waals surface area contributed by atoms with Crippen LogP contribution in [0.4, 0.5) is 0 Å². The molecule has 28 heavy (non-hydrogen) atoms. The number of hydrogen-bond acceptors (Lipinski definition) is 4. The fourth-order valence-corrected chi connectivity index (χ4v) is 7.20. The highest BCUT2D eigenvalue weighted by Crippen LogP contribution is 2.57. The third kappa shape index (κ3) is 3.79. The average molecular weight is 425 g/mol. The molecule has 3 aliphatic rings. The third-order valence-electron chi connectivity index (χ3n) is 6.76. The molecule has 2 amide bonds. The Morgan fingerprint density at radius 3 is 2.43 bits per heavy atom. The average Bonchev–Trinajstić information content (AvgIpc) is 3.36. The van der Waals surface area contributed by atoms with Crippen LogP contribution in [0.2, 0.25) is 5.02 Å². The van der Waals surface area contributed by atoms with Gasteiger partial charge in [0, 0.05) is 5.02 Å². The van der Waals surface area contributed by atoms with Gasteiger partial charge in [0.1, 0.15) is 0 Å². The van der Waals surface area contributed by atoms with E-state index in [1.54, 1.807) is 0 Å². The molecule has 0 spiro atoms. The summed E-state index contributed by atoms with van der Waals surface area (Å²) in [6, 6.07) is 7.56. The lowest BCUT2D eigenvalue weighted by Gasteiger charge is -2.36. The van der Waals surface area contributed by atoms with Gasteiger partial charge >= 0.3 is 0 Å². The van der Waals surface area contributed by atoms with Crippen LogP contribution in [0.5, 0.6) is 0 Å². The zero-order chi connectivity index (χ0) is 19.9. The highest BCUT2D eigenvalue weighted by Gasteiger charge is 2.55. The first kappa shape index (κ1) is 19.7. The first-order valence-corrected chi connectivity index (χ1v) is 12.0. The number of halogens is 1. The summed E-state index contributed by atoms with van der Waals surface area (Å²) in [6.45, 7) is 0. The van der Waals surface area contributed by atoms with Crippen molar-refractivity contribution in [2.24, 2.45) is 23.2 Å². The minimum atomic E-state index is -3.14. The van der Waals surface area contributed by atoms with Crippen molar-refractivity contribution in [3.05, 3.63) is 34.9 Å². The quantitative estimate of drug-likeness (QED) is 0.725. The Balaban J connectivity index is 1.45. The molecule has 152 valence electrons. The van der Waals surface area contributed by atoms with Crippen molar-refractivity contribution >= 4 is 33.3 Å². The van der Waals surface area contributed by atoms with Gasteiger partial charge in [-0.3, -0.25) is 20.4 Å². The molecule has 4 rings (SSSR count). The van der Waals surface area contributed by atoms with Gasteiger partial charge in [0.05, 0.1) is 22.8 Å². The van der Waals surface area contributed by atoms with Crippen LogP contribution in [0.1, 0.15) is 37.7 Å². The standard InChI is InChI=1S/C20H25ClN2O4S/c21-17-5-2-13(3-6-17)10-20(11-14-1-4-16(20)9-14)19(25)23-22-18(24)15-7-8-28(26,27)12-15/h2-3,5-6,14-16H,1,4,7-12H2,(H,22,24)(H,23,25). The molecular formula is C20H25ClN2O4S. The number of amides is 2. The predicted octanol–water partition coefficient (Wildman–Crippen LogP) is 2.27. The summed E-state index contributed by atoms with van der Waals surface area (Å²) in [5, 5.41) is 0.661. The summed E-state index contributed by atoms with van der Waals surface area (Å²) < 4.78 is 23.2. The fraction of sp³-hybridized carbons (Fsp3) is 0.600. The van der Waals surface area contributed by atoms with E-state index >= 15 is 0 Å². The topological polar surface area (TPSA) is 92.3 Å². The largest absolute Gasteiger partial charge is 0.273 e. The van der Waals surface area contributed by atoms with Gasteiger partial charge in [-0.25, -0.2) is 8.42 Å². The lowest BCUT2D eigenvalue weighted by Crippen LogP contribution is -2.53. The second-order valence-electron chi connectivity index (χ2n) is 8.58. The van der Waals surface area contributed by atoms with E-state index in [1.807, 2.05) is 24.3 Å². The van der Waals surface area contributed by atoms with Gasteiger partial charge in [0.2, 0.25) is 11.8 Å². The lowest BCUT2D eigenvalue weighted by atomic mass is 9.68. The molecule has 3 fully saturated rings. The predicted molar refractivity (Wildman–Crippen MR) is 106 cm³/mol. The third-order valence-corrected chi connectivity index (χ3v) is 8.78. The monoisotopic (exact) mass is 424 g/mol. The number of carbonyl (C=O) groups excluding carboxylic acids is 2. The molecule has 1 heterocycles. The van der Waals surface area contributed by atoms with Crippen LogP contribution < -0.4 is 10.9 Å². The van der Waals surface area contributed by atoms with Crippen LogP contribution in [0.3, 0.4) is 0 Å². The van der Waals surface area contributed by atoms with Crippen LogP contribution in [-0.2, 0) is 25.8 Å². The van der Waals surface area contributed by atoms with E-state index in [0.29, 0.717) is 29.7 Å². The molecule has 2 aliphatic carbocycles. The van der Waals surface area contributed by atoms with Crippen LogP contribution in [-0.4, -0.2) is 31.7 Å². The molecule has 0 aromatic heterocycles. The van der Waals surface area contributed by atoms with Gasteiger partial charge in [-0.2, -0.15) is 0 Å². The summed E-state index contributed by atoms with van der Waals surface area (Å²) in [6.07, 6.45) is 4.98. The lowest BCUT2D eigenvalue weighted by molar-refractivity contribution is -0.139. The molecule has 4 unspecified atom stereocenters. The van der Waals surface area contributed by atoms with Crippen molar-refractivity contribution in [2.75, 3.05) is 11.5 Å². The minimum Gasteiger partial charge on any atom is -0.273 e. The van der Waals surface area contributed by atoms with Crippen molar-refractivity contribution in [3.63, 3.8) is 0 Å². The Morgan fingerprint density at radius 1 is 1.11 bits per heavy atom. The fourth-order valence-electron chi connectivity index (χ4n) is 5.33. The second-order valence-corrected chi connectivity index (χ2v) is 11.2. The molecule has 1 aliphatic heterocycles. The van der Waals surface area contributed by atoms with Gasteiger partial charge in [-0.1, -0.05) is 30.2 Å². The van der Waals surface area contributed by atoms with E-state index in [4.69, 9.17) is 11.6 Å². The van der Waals surface area contributed by atoms with Crippen LogP contribution >= 0.6 is 11.6 Å².